The van der Waals surface area contributed by atoms with Crippen molar-refractivity contribution >= 4 is 11.9 Å². The first-order valence-corrected chi connectivity index (χ1v) is 4.25. The standard InChI is InChI=1S/C9H17NO3/c1-6(2)13-8(12)7(11)10-9(3,4)5/h6H,1-5H3,(H,10,11). The van der Waals surface area contributed by atoms with Crippen LogP contribution in [0.4, 0.5) is 0 Å². The first kappa shape index (κ1) is 11.9. The van der Waals surface area contributed by atoms with Gasteiger partial charge in [-0.15, -0.1) is 0 Å². The molecule has 4 heteroatoms. The van der Waals surface area contributed by atoms with E-state index in [0.717, 1.165) is 0 Å². The molecular weight excluding hydrogens is 170 g/mol. The van der Waals surface area contributed by atoms with Crippen molar-refractivity contribution in [2.75, 3.05) is 0 Å². The highest BCUT2D eigenvalue weighted by Gasteiger charge is 2.21. The first-order chi connectivity index (χ1) is 5.72. The summed E-state index contributed by atoms with van der Waals surface area (Å²) in [5, 5.41) is 2.51. The van der Waals surface area contributed by atoms with Crippen LogP contribution in [0.15, 0.2) is 0 Å². The Morgan fingerprint density at radius 3 is 2.00 bits per heavy atom. The van der Waals surface area contributed by atoms with Gasteiger partial charge in [0, 0.05) is 5.54 Å². The van der Waals surface area contributed by atoms with Crippen molar-refractivity contribution in [2.45, 2.75) is 46.3 Å². The van der Waals surface area contributed by atoms with E-state index in [1.54, 1.807) is 34.6 Å². The molecule has 1 amide bonds. The summed E-state index contributed by atoms with van der Waals surface area (Å²) in [6.45, 7) is 8.79. The zero-order chi connectivity index (χ0) is 10.6. The Kier molecular flexibility index (Phi) is 3.91. The summed E-state index contributed by atoms with van der Waals surface area (Å²) in [5.74, 6) is -1.52. The fraction of sp³-hybridized carbons (Fsp3) is 0.778. The number of hydrogen-bond donors (Lipinski definition) is 1. The van der Waals surface area contributed by atoms with Crippen molar-refractivity contribution in [3.05, 3.63) is 0 Å². The molecule has 0 rings (SSSR count). The van der Waals surface area contributed by atoms with E-state index in [1.165, 1.54) is 0 Å². The van der Waals surface area contributed by atoms with Crippen LogP contribution in [-0.2, 0) is 14.3 Å². The van der Waals surface area contributed by atoms with Crippen LogP contribution in [0.2, 0.25) is 0 Å². The van der Waals surface area contributed by atoms with Crippen molar-refractivity contribution in [3.8, 4) is 0 Å². The molecule has 0 aliphatic heterocycles. The minimum Gasteiger partial charge on any atom is -0.456 e. The molecule has 1 N–H and O–H groups in total. The van der Waals surface area contributed by atoms with Gasteiger partial charge < -0.3 is 10.1 Å². The Morgan fingerprint density at radius 2 is 1.69 bits per heavy atom. The molecule has 0 aromatic heterocycles. The van der Waals surface area contributed by atoms with Gasteiger partial charge in [-0.2, -0.15) is 0 Å². The third-order valence-electron chi connectivity index (χ3n) is 1.02. The summed E-state index contributed by atoms with van der Waals surface area (Å²) in [6.07, 6.45) is -0.266. The maximum absolute atomic E-state index is 11.1. The van der Waals surface area contributed by atoms with Crippen molar-refractivity contribution < 1.29 is 14.3 Å². The molecule has 0 aromatic rings. The largest absolute Gasteiger partial charge is 0.456 e. The molecule has 0 aromatic carbocycles. The molecule has 0 aliphatic rings. The van der Waals surface area contributed by atoms with E-state index in [1.807, 2.05) is 0 Å². The average molecular weight is 187 g/mol. The number of carbonyl (C=O) groups excluding carboxylic acids is 2. The highest BCUT2D eigenvalue weighted by Crippen LogP contribution is 1.99. The molecule has 13 heavy (non-hydrogen) atoms. The lowest BCUT2D eigenvalue weighted by Gasteiger charge is -2.19. The van der Waals surface area contributed by atoms with Crippen LogP contribution < -0.4 is 5.32 Å². The van der Waals surface area contributed by atoms with Gasteiger partial charge in [-0.25, -0.2) is 4.79 Å². The van der Waals surface area contributed by atoms with Crippen LogP contribution in [0.5, 0.6) is 0 Å². The zero-order valence-electron chi connectivity index (χ0n) is 8.80. The first-order valence-electron chi connectivity index (χ1n) is 4.25. The van der Waals surface area contributed by atoms with Crippen molar-refractivity contribution in [1.82, 2.24) is 5.32 Å². The minimum atomic E-state index is -0.829. The number of rotatable bonds is 1. The van der Waals surface area contributed by atoms with Crippen LogP contribution in [0.1, 0.15) is 34.6 Å². The molecule has 0 saturated carbocycles. The Labute approximate surface area is 78.6 Å². The van der Waals surface area contributed by atoms with Crippen LogP contribution in [0.25, 0.3) is 0 Å². The molecule has 0 unspecified atom stereocenters. The van der Waals surface area contributed by atoms with Gasteiger partial charge in [0.15, 0.2) is 0 Å². The Morgan fingerprint density at radius 1 is 1.23 bits per heavy atom. The fourth-order valence-electron chi connectivity index (χ4n) is 0.659. The number of esters is 1. The van der Waals surface area contributed by atoms with Crippen LogP contribution in [0.3, 0.4) is 0 Å². The second kappa shape index (κ2) is 4.25. The Hall–Kier alpha value is -1.06. The van der Waals surface area contributed by atoms with Gasteiger partial charge in [0.05, 0.1) is 6.10 Å². The zero-order valence-corrected chi connectivity index (χ0v) is 8.80. The lowest BCUT2D eigenvalue weighted by atomic mass is 10.1. The van der Waals surface area contributed by atoms with Gasteiger partial charge in [0.2, 0.25) is 0 Å². The van der Waals surface area contributed by atoms with Gasteiger partial charge >= 0.3 is 11.9 Å². The number of ether oxygens (including phenoxy) is 1. The molecule has 0 spiro atoms. The fourth-order valence-corrected chi connectivity index (χ4v) is 0.659. The SMILES string of the molecule is CC(C)OC(=O)C(=O)NC(C)(C)C. The third-order valence-corrected chi connectivity index (χ3v) is 1.02. The van der Waals surface area contributed by atoms with E-state index in [2.05, 4.69) is 5.32 Å². The maximum Gasteiger partial charge on any atom is 0.397 e. The van der Waals surface area contributed by atoms with E-state index in [4.69, 9.17) is 4.74 Å². The summed E-state index contributed by atoms with van der Waals surface area (Å²) in [4.78, 5) is 22.1. The molecule has 0 heterocycles. The molecule has 0 aliphatic carbocycles. The Bertz CT molecular complexity index is 203. The second-order valence-electron chi connectivity index (χ2n) is 4.16. The third kappa shape index (κ3) is 6.13. The van der Waals surface area contributed by atoms with Gasteiger partial charge in [-0.3, -0.25) is 4.79 Å². The predicted molar refractivity (Wildman–Crippen MR) is 49.1 cm³/mol. The topological polar surface area (TPSA) is 55.4 Å². The van der Waals surface area contributed by atoms with Gasteiger partial charge in [0.1, 0.15) is 0 Å². The molecule has 4 nitrogen and oxygen atoms in total. The summed E-state index contributed by atoms with van der Waals surface area (Å²) in [5.41, 5.74) is -0.410. The van der Waals surface area contributed by atoms with Crippen LogP contribution in [0, 0.1) is 0 Å². The van der Waals surface area contributed by atoms with Crippen molar-refractivity contribution in [1.29, 1.82) is 0 Å². The smallest absolute Gasteiger partial charge is 0.397 e. The van der Waals surface area contributed by atoms with E-state index >= 15 is 0 Å². The quantitative estimate of drug-likeness (QED) is 0.489. The Balaban J connectivity index is 4.06. The van der Waals surface area contributed by atoms with E-state index < -0.39 is 17.4 Å². The lowest BCUT2D eigenvalue weighted by Crippen LogP contribution is -2.45. The summed E-state index contributed by atoms with van der Waals surface area (Å²) in [6, 6.07) is 0. The lowest BCUT2D eigenvalue weighted by molar-refractivity contribution is -0.158. The van der Waals surface area contributed by atoms with E-state index in [-0.39, 0.29) is 6.10 Å². The number of hydrogen-bond acceptors (Lipinski definition) is 3. The normalized spacial score (nSPS) is 11.2. The highest BCUT2D eigenvalue weighted by atomic mass is 16.5. The van der Waals surface area contributed by atoms with E-state index in [0.29, 0.717) is 0 Å². The summed E-state index contributed by atoms with van der Waals surface area (Å²) >= 11 is 0. The number of carbonyl (C=O) groups is 2. The molecule has 0 bridgehead atoms. The monoisotopic (exact) mass is 187 g/mol. The molecule has 0 fully saturated rings. The summed E-state index contributed by atoms with van der Waals surface area (Å²) < 4.78 is 4.71. The summed E-state index contributed by atoms with van der Waals surface area (Å²) in [7, 11) is 0. The minimum absolute atomic E-state index is 0.266. The molecular formula is C9H17NO3. The van der Waals surface area contributed by atoms with Gasteiger partial charge in [0.25, 0.3) is 0 Å². The molecule has 0 radical (unpaired) electrons. The van der Waals surface area contributed by atoms with Crippen molar-refractivity contribution in [3.63, 3.8) is 0 Å². The van der Waals surface area contributed by atoms with Crippen molar-refractivity contribution in [2.24, 2.45) is 0 Å². The van der Waals surface area contributed by atoms with Crippen LogP contribution in [-0.4, -0.2) is 23.5 Å². The molecule has 0 saturated heterocycles. The van der Waals surface area contributed by atoms with Crippen LogP contribution >= 0.6 is 0 Å². The van der Waals surface area contributed by atoms with Gasteiger partial charge in [-0.05, 0) is 34.6 Å². The predicted octanol–water partition coefficient (Wildman–Crippen LogP) is 0.853. The molecule has 76 valence electrons. The maximum atomic E-state index is 11.1. The highest BCUT2D eigenvalue weighted by molar-refractivity contribution is 6.32. The molecule has 0 atom stereocenters. The average Bonchev–Trinajstić information content (AvgIpc) is 1.81. The second-order valence-corrected chi connectivity index (χ2v) is 4.16. The number of amides is 1. The van der Waals surface area contributed by atoms with E-state index in [9.17, 15) is 9.59 Å². The number of nitrogens with one attached hydrogen (secondary N) is 1. The van der Waals surface area contributed by atoms with Gasteiger partial charge in [-0.1, -0.05) is 0 Å².